The number of ketones is 1. The molecule has 1 aromatic carbocycles. The largest absolute Gasteiger partial charge is 0.299 e. The summed E-state index contributed by atoms with van der Waals surface area (Å²) < 4.78 is 1.79. The van der Waals surface area contributed by atoms with Crippen molar-refractivity contribution in [1.82, 2.24) is 14.6 Å². The first-order valence-corrected chi connectivity index (χ1v) is 8.10. The van der Waals surface area contributed by atoms with Crippen LogP contribution in [0.25, 0.3) is 16.9 Å². The summed E-state index contributed by atoms with van der Waals surface area (Å²) in [4.78, 5) is 16.2. The minimum atomic E-state index is 0.305. The molecule has 0 aliphatic heterocycles. The van der Waals surface area contributed by atoms with E-state index in [4.69, 9.17) is 5.26 Å². The summed E-state index contributed by atoms with van der Waals surface area (Å²) in [5.74, 6) is 0.677. The van der Waals surface area contributed by atoms with E-state index in [0.717, 1.165) is 41.7 Å². The van der Waals surface area contributed by atoms with Gasteiger partial charge in [-0.1, -0.05) is 12.1 Å². The predicted octanol–water partition coefficient (Wildman–Crippen LogP) is 3.18. The molecule has 0 bridgehead atoms. The number of aryl methyl sites for hydroxylation is 1. The lowest BCUT2D eigenvalue weighted by Crippen LogP contribution is -2.03. The lowest BCUT2D eigenvalue weighted by atomic mass is 10.0. The molecule has 2 aromatic heterocycles. The Kier molecular flexibility index (Phi) is 3.58. The molecule has 1 aliphatic carbocycles. The van der Waals surface area contributed by atoms with Crippen molar-refractivity contribution in [2.24, 2.45) is 5.92 Å². The van der Waals surface area contributed by atoms with Crippen LogP contribution >= 0.6 is 0 Å². The monoisotopic (exact) mass is 316 g/mol. The average molecular weight is 316 g/mol. The number of pyridine rings is 1. The van der Waals surface area contributed by atoms with Crippen LogP contribution in [0.3, 0.4) is 0 Å². The molecule has 0 spiro atoms. The van der Waals surface area contributed by atoms with Crippen LogP contribution in [0.2, 0.25) is 0 Å². The minimum Gasteiger partial charge on any atom is -0.299 e. The fourth-order valence-electron chi connectivity index (χ4n) is 2.92. The zero-order valence-electron chi connectivity index (χ0n) is 13.1. The normalized spacial score (nSPS) is 13.8. The van der Waals surface area contributed by atoms with Gasteiger partial charge in [0.15, 0.2) is 5.65 Å². The van der Waals surface area contributed by atoms with E-state index >= 15 is 0 Å². The molecule has 0 unspecified atom stereocenters. The highest BCUT2D eigenvalue weighted by Gasteiger charge is 2.28. The third-order valence-corrected chi connectivity index (χ3v) is 4.44. The number of Topliss-reactive ketones (excluding diaryl/α,β-unsaturated/α-hetero) is 1. The van der Waals surface area contributed by atoms with Gasteiger partial charge in [-0.25, -0.2) is 9.50 Å². The molecule has 5 heteroatoms. The summed E-state index contributed by atoms with van der Waals surface area (Å²) in [7, 11) is 0. The molecule has 118 valence electrons. The first-order chi connectivity index (χ1) is 11.7. The van der Waals surface area contributed by atoms with Crippen molar-refractivity contribution in [3.8, 4) is 17.3 Å². The average Bonchev–Trinajstić information content (AvgIpc) is 3.37. The van der Waals surface area contributed by atoms with Crippen LogP contribution in [0.5, 0.6) is 0 Å². The van der Waals surface area contributed by atoms with Crippen molar-refractivity contribution in [2.75, 3.05) is 0 Å². The van der Waals surface area contributed by atoms with Crippen molar-refractivity contribution in [3.63, 3.8) is 0 Å². The van der Waals surface area contributed by atoms with Crippen LogP contribution in [0.15, 0.2) is 42.7 Å². The highest BCUT2D eigenvalue weighted by Crippen LogP contribution is 2.31. The number of benzene rings is 1. The quantitative estimate of drug-likeness (QED) is 0.725. The van der Waals surface area contributed by atoms with Crippen molar-refractivity contribution in [2.45, 2.75) is 25.7 Å². The highest BCUT2D eigenvalue weighted by atomic mass is 16.1. The zero-order valence-corrected chi connectivity index (χ0v) is 13.1. The summed E-state index contributed by atoms with van der Waals surface area (Å²) in [6.07, 6.45) is 4.95. The smallest absolute Gasteiger partial charge is 0.156 e. The first-order valence-electron chi connectivity index (χ1n) is 8.10. The number of rotatable bonds is 5. The molecule has 1 fully saturated rings. The van der Waals surface area contributed by atoms with Gasteiger partial charge in [-0.2, -0.15) is 10.4 Å². The van der Waals surface area contributed by atoms with Crippen LogP contribution in [0, 0.1) is 17.2 Å². The summed E-state index contributed by atoms with van der Waals surface area (Å²) in [6.45, 7) is 0. The lowest BCUT2D eigenvalue weighted by molar-refractivity contribution is -0.120. The molecule has 0 N–H and O–H groups in total. The van der Waals surface area contributed by atoms with Gasteiger partial charge in [-0.3, -0.25) is 4.79 Å². The SMILES string of the molecule is N#Cc1ccc(-c2cc(CCC(=O)C3CC3)cc3ncnn23)cc1. The zero-order chi connectivity index (χ0) is 16.5. The van der Waals surface area contributed by atoms with E-state index in [1.807, 2.05) is 18.2 Å². The van der Waals surface area contributed by atoms with Gasteiger partial charge in [-0.05, 0) is 49.1 Å². The summed E-state index contributed by atoms with van der Waals surface area (Å²) in [6, 6.07) is 13.6. The van der Waals surface area contributed by atoms with E-state index in [-0.39, 0.29) is 0 Å². The van der Waals surface area contributed by atoms with Crippen molar-refractivity contribution in [3.05, 3.63) is 53.9 Å². The van der Waals surface area contributed by atoms with Gasteiger partial charge in [0.2, 0.25) is 0 Å². The van der Waals surface area contributed by atoms with Gasteiger partial charge in [-0.15, -0.1) is 0 Å². The van der Waals surface area contributed by atoms with Crippen LogP contribution in [0.1, 0.15) is 30.4 Å². The predicted molar refractivity (Wildman–Crippen MR) is 89.2 cm³/mol. The van der Waals surface area contributed by atoms with Crippen LogP contribution < -0.4 is 0 Å². The Morgan fingerprint density at radius 1 is 1.25 bits per heavy atom. The lowest BCUT2D eigenvalue weighted by Gasteiger charge is -2.08. The van der Waals surface area contributed by atoms with E-state index in [2.05, 4.69) is 22.2 Å². The van der Waals surface area contributed by atoms with Gasteiger partial charge in [0.25, 0.3) is 0 Å². The minimum absolute atomic E-state index is 0.305. The van der Waals surface area contributed by atoms with Crippen molar-refractivity contribution >= 4 is 11.4 Å². The van der Waals surface area contributed by atoms with E-state index in [1.165, 1.54) is 6.33 Å². The number of carbonyl (C=O) groups is 1. The number of aromatic nitrogens is 3. The number of nitriles is 1. The molecule has 4 rings (SSSR count). The van der Waals surface area contributed by atoms with Crippen LogP contribution in [-0.4, -0.2) is 20.4 Å². The molecule has 2 heterocycles. The third kappa shape index (κ3) is 2.79. The molecule has 0 saturated heterocycles. The van der Waals surface area contributed by atoms with Gasteiger partial charge >= 0.3 is 0 Å². The Bertz CT molecular complexity index is 946. The van der Waals surface area contributed by atoms with E-state index in [1.54, 1.807) is 16.6 Å². The number of fused-ring (bicyclic) bond motifs is 1. The van der Waals surface area contributed by atoms with Crippen molar-refractivity contribution in [1.29, 1.82) is 5.26 Å². The number of hydrogen-bond acceptors (Lipinski definition) is 4. The Morgan fingerprint density at radius 2 is 2.04 bits per heavy atom. The molecule has 5 nitrogen and oxygen atoms in total. The summed E-state index contributed by atoms with van der Waals surface area (Å²) in [5, 5.41) is 13.2. The molecule has 1 aliphatic rings. The van der Waals surface area contributed by atoms with Crippen LogP contribution in [-0.2, 0) is 11.2 Å². The first kappa shape index (κ1) is 14.6. The Morgan fingerprint density at radius 3 is 2.75 bits per heavy atom. The molecular weight excluding hydrogens is 300 g/mol. The second-order valence-electron chi connectivity index (χ2n) is 6.21. The van der Waals surface area contributed by atoms with Gasteiger partial charge in [0.1, 0.15) is 12.1 Å². The Hall–Kier alpha value is -3.00. The topological polar surface area (TPSA) is 71.0 Å². The van der Waals surface area contributed by atoms with E-state index in [0.29, 0.717) is 23.7 Å². The van der Waals surface area contributed by atoms with Crippen molar-refractivity contribution < 1.29 is 4.79 Å². The highest BCUT2D eigenvalue weighted by molar-refractivity contribution is 5.83. The molecule has 24 heavy (non-hydrogen) atoms. The Labute approximate surface area is 139 Å². The molecule has 0 amide bonds. The summed E-state index contributed by atoms with van der Waals surface area (Å²) >= 11 is 0. The van der Waals surface area contributed by atoms with Gasteiger partial charge in [0.05, 0.1) is 17.3 Å². The molecule has 1 saturated carbocycles. The maximum absolute atomic E-state index is 12.0. The van der Waals surface area contributed by atoms with Gasteiger partial charge < -0.3 is 0 Å². The second kappa shape index (κ2) is 5.89. The number of carbonyl (C=O) groups excluding carboxylic acids is 1. The maximum Gasteiger partial charge on any atom is 0.156 e. The van der Waals surface area contributed by atoms with Crippen LogP contribution in [0.4, 0.5) is 0 Å². The molecule has 0 radical (unpaired) electrons. The molecular formula is C19H16N4O. The standard InChI is InChI=1S/C19H16N4O/c20-11-13-1-4-15(5-2-13)17-9-14(3-8-18(24)16-6-7-16)10-19-21-12-22-23(17)19/h1-2,4-5,9-10,12,16H,3,6-8H2. The Balaban J connectivity index is 1.68. The molecule has 0 atom stereocenters. The number of nitrogens with zero attached hydrogens (tertiary/aromatic N) is 4. The maximum atomic E-state index is 12.0. The third-order valence-electron chi connectivity index (χ3n) is 4.44. The fraction of sp³-hybridized carbons (Fsp3) is 0.263. The van der Waals surface area contributed by atoms with E-state index in [9.17, 15) is 4.79 Å². The second-order valence-corrected chi connectivity index (χ2v) is 6.21. The van der Waals surface area contributed by atoms with E-state index < -0.39 is 0 Å². The molecule has 3 aromatic rings. The summed E-state index contributed by atoms with van der Waals surface area (Å²) in [5.41, 5.74) is 4.37. The van der Waals surface area contributed by atoms with Gasteiger partial charge in [0, 0.05) is 17.9 Å². The fourth-order valence-corrected chi connectivity index (χ4v) is 2.92. The number of hydrogen-bond donors (Lipinski definition) is 0.